The van der Waals surface area contributed by atoms with Gasteiger partial charge in [-0.1, -0.05) is 13.3 Å². The molecule has 122 valence electrons. The van der Waals surface area contributed by atoms with Crippen molar-refractivity contribution in [3.63, 3.8) is 0 Å². The van der Waals surface area contributed by atoms with E-state index in [0.717, 1.165) is 23.6 Å². The summed E-state index contributed by atoms with van der Waals surface area (Å²) in [6.45, 7) is 4.95. The molecule has 0 radical (unpaired) electrons. The maximum absolute atomic E-state index is 5.46. The minimum absolute atomic E-state index is 0.711. The van der Waals surface area contributed by atoms with Crippen molar-refractivity contribution < 1.29 is 4.74 Å². The van der Waals surface area contributed by atoms with Gasteiger partial charge in [-0.3, -0.25) is 4.90 Å². The quantitative estimate of drug-likeness (QED) is 0.910. The third-order valence-electron chi connectivity index (χ3n) is 6.72. The van der Waals surface area contributed by atoms with E-state index in [2.05, 4.69) is 35.0 Å². The fourth-order valence-corrected chi connectivity index (χ4v) is 5.80. The Morgan fingerprint density at radius 1 is 1.30 bits per heavy atom. The summed E-state index contributed by atoms with van der Waals surface area (Å²) in [4.78, 5) is 6.63. The topological polar surface area (TPSA) is 28.3 Å². The Morgan fingerprint density at radius 3 is 3.04 bits per heavy atom. The van der Waals surface area contributed by atoms with Crippen LogP contribution in [-0.2, 0) is 6.42 Å². The van der Waals surface area contributed by atoms with Crippen LogP contribution in [0, 0.1) is 11.8 Å². The number of methoxy groups -OCH3 is 1. The highest BCUT2D eigenvalue weighted by molar-refractivity contribution is 5.86. The van der Waals surface area contributed by atoms with Crippen LogP contribution in [0.25, 0.3) is 10.9 Å². The molecule has 4 aliphatic rings. The lowest BCUT2D eigenvalue weighted by Crippen LogP contribution is -2.56. The van der Waals surface area contributed by atoms with Crippen LogP contribution in [0.1, 0.15) is 43.4 Å². The van der Waals surface area contributed by atoms with Gasteiger partial charge < -0.3 is 9.72 Å². The SMILES string of the molecule is CC[C@@H]1C[C@H]2CC3c4[nH]c5ccc(OC)cc5c4CCN(C2)C31. The van der Waals surface area contributed by atoms with E-state index in [1.807, 2.05) is 0 Å². The zero-order valence-corrected chi connectivity index (χ0v) is 14.1. The number of nitrogens with one attached hydrogen (secondary N) is 1. The average molecular weight is 310 g/mol. The summed E-state index contributed by atoms with van der Waals surface area (Å²) in [5.74, 6) is 3.48. The Labute approximate surface area is 138 Å². The highest BCUT2D eigenvalue weighted by Gasteiger charge is 2.48. The van der Waals surface area contributed by atoms with Gasteiger partial charge in [0.2, 0.25) is 0 Å². The van der Waals surface area contributed by atoms with E-state index < -0.39 is 0 Å². The van der Waals surface area contributed by atoms with Crippen molar-refractivity contribution in [1.29, 1.82) is 0 Å². The lowest BCUT2D eigenvalue weighted by Gasteiger charge is -2.53. The Balaban J connectivity index is 1.66. The molecule has 3 heteroatoms. The fraction of sp³-hybridized carbons (Fsp3) is 0.600. The van der Waals surface area contributed by atoms with Crippen LogP contribution in [0.2, 0.25) is 0 Å². The fourth-order valence-electron chi connectivity index (χ4n) is 5.80. The first-order valence-corrected chi connectivity index (χ1v) is 9.21. The molecule has 1 N–H and O–H groups in total. The second kappa shape index (κ2) is 5.01. The van der Waals surface area contributed by atoms with Crippen molar-refractivity contribution in [3.05, 3.63) is 29.5 Å². The van der Waals surface area contributed by atoms with Crippen LogP contribution in [0.15, 0.2) is 18.2 Å². The molecule has 2 aromatic rings. The summed E-state index contributed by atoms with van der Waals surface area (Å²) in [5.41, 5.74) is 4.40. The van der Waals surface area contributed by atoms with Crippen molar-refractivity contribution in [2.24, 2.45) is 11.8 Å². The number of ether oxygens (including phenoxy) is 1. The van der Waals surface area contributed by atoms with Crippen LogP contribution < -0.4 is 4.74 Å². The second-order valence-electron chi connectivity index (χ2n) is 7.78. The molecule has 0 amide bonds. The third kappa shape index (κ3) is 1.92. The van der Waals surface area contributed by atoms with Gasteiger partial charge in [0.25, 0.3) is 0 Å². The van der Waals surface area contributed by atoms with E-state index in [1.165, 1.54) is 49.7 Å². The number of hydrogen-bond acceptors (Lipinski definition) is 2. The lowest BCUT2D eigenvalue weighted by molar-refractivity contribution is -0.0134. The summed E-state index contributed by atoms with van der Waals surface area (Å²) >= 11 is 0. The molecule has 3 fully saturated rings. The Morgan fingerprint density at radius 2 is 2.22 bits per heavy atom. The van der Waals surface area contributed by atoms with Crippen molar-refractivity contribution in [3.8, 4) is 5.75 Å². The zero-order chi connectivity index (χ0) is 15.6. The number of nitrogens with zero attached hydrogens (tertiary/aromatic N) is 1. The van der Waals surface area contributed by atoms with Gasteiger partial charge in [-0.05, 0) is 54.9 Å². The maximum atomic E-state index is 5.46. The molecule has 4 heterocycles. The maximum Gasteiger partial charge on any atom is 0.119 e. The number of piperidine rings is 2. The van der Waals surface area contributed by atoms with Crippen molar-refractivity contribution in [1.82, 2.24) is 9.88 Å². The van der Waals surface area contributed by atoms with Crippen LogP contribution in [0.4, 0.5) is 0 Å². The first-order chi connectivity index (χ1) is 11.3. The Hall–Kier alpha value is -1.48. The molecule has 0 spiro atoms. The van der Waals surface area contributed by atoms with Gasteiger partial charge in [-0.25, -0.2) is 0 Å². The van der Waals surface area contributed by atoms with E-state index in [9.17, 15) is 0 Å². The number of fused-ring (bicyclic) bond motifs is 4. The number of hydrogen-bond donors (Lipinski definition) is 1. The Kier molecular flexibility index (Phi) is 3.03. The minimum Gasteiger partial charge on any atom is -0.497 e. The average Bonchev–Trinajstić information content (AvgIpc) is 2.92. The molecule has 3 nitrogen and oxygen atoms in total. The van der Waals surface area contributed by atoms with Crippen molar-refractivity contribution in [2.45, 2.75) is 44.6 Å². The van der Waals surface area contributed by atoms with E-state index in [-0.39, 0.29) is 0 Å². The number of rotatable bonds is 2. The first kappa shape index (κ1) is 13.9. The predicted molar refractivity (Wildman–Crippen MR) is 93.2 cm³/mol. The molecule has 3 unspecified atom stereocenters. The van der Waals surface area contributed by atoms with Crippen molar-refractivity contribution >= 4 is 10.9 Å². The smallest absolute Gasteiger partial charge is 0.119 e. The summed E-state index contributed by atoms with van der Waals surface area (Å²) in [6, 6.07) is 7.26. The van der Waals surface area contributed by atoms with E-state index in [4.69, 9.17) is 4.74 Å². The van der Waals surface area contributed by atoms with Gasteiger partial charge in [-0.2, -0.15) is 0 Å². The van der Waals surface area contributed by atoms with Crippen molar-refractivity contribution in [2.75, 3.05) is 20.2 Å². The molecule has 3 aliphatic heterocycles. The van der Waals surface area contributed by atoms with Crippen LogP contribution >= 0.6 is 0 Å². The molecular weight excluding hydrogens is 284 g/mol. The van der Waals surface area contributed by atoms with Gasteiger partial charge in [0.05, 0.1) is 7.11 Å². The molecule has 1 saturated carbocycles. The summed E-state index contributed by atoms with van der Waals surface area (Å²) in [5, 5.41) is 1.39. The molecule has 4 bridgehead atoms. The number of H-pyrrole nitrogens is 1. The number of aromatic nitrogens is 1. The normalized spacial score (nSPS) is 35.1. The summed E-state index contributed by atoms with van der Waals surface area (Å²) < 4.78 is 5.46. The van der Waals surface area contributed by atoms with Gasteiger partial charge >= 0.3 is 0 Å². The number of benzene rings is 1. The van der Waals surface area contributed by atoms with Crippen LogP contribution in [-0.4, -0.2) is 36.1 Å². The van der Waals surface area contributed by atoms with Gasteiger partial charge in [-0.15, -0.1) is 0 Å². The van der Waals surface area contributed by atoms with Gasteiger partial charge in [0.15, 0.2) is 0 Å². The van der Waals surface area contributed by atoms with Gasteiger partial charge in [0.1, 0.15) is 5.75 Å². The molecular formula is C20H26N2O. The minimum atomic E-state index is 0.711. The van der Waals surface area contributed by atoms with E-state index in [0.29, 0.717) is 5.92 Å². The van der Waals surface area contributed by atoms with E-state index >= 15 is 0 Å². The first-order valence-electron chi connectivity index (χ1n) is 9.21. The zero-order valence-electron chi connectivity index (χ0n) is 14.1. The lowest BCUT2D eigenvalue weighted by atomic mass is 9.65. The van der Waals surface area contributed by atoms with Crippen LogP contribution in [0.3, 0.4) is 0 Å². The summed E-state index contributed by atoms with van der Waals surface area (Å²) in [6.07, 6.45) is 5.35. The monoisotopic (exact) mass is 310 g/mol. The Bertz CT molecular complexity index is 749. The highest BCUT2D eigenvalue weighted by atomic mass is 16.5. The largest absolute Gasteiger partial charge is 0.497 e. The standard InChI is InChI=1S/C20H26N2O/c1-3-13-8-12-9-17-19-15(6-7-22(11-12)20(13)17)16-10-14(23-2)4-5-18(16)21-19/h4-5,10,12-13,17,20-21H,3,6-9,11H2,1-2H3/t12-,13+,17?,20?/m0/s1. The highest BCUT2D eigenvalue weighted by Crippen LogP contribution is 2.51. The summed E-state index contributed by atoms with van der Waals surface area (Å²) in [7, 11) is 1.76. The molecule has 1 aromatic carbocycles. The molecule has 2 saturated heterocycles. The molecule has 23 heavy (non-hydrogen) atoms. The van der Waals surface area contributed by atoms with Crippen LogP contribution in [0.5, 0.6) is 5.75 Å². The predicted octanol–water partition coefficient (Wildman–Crippen LogP) is 3.94. The molecule has 5 atom stereocenters. The van der Waals surface area contributed by atoms with E-state index in [1.54, 1.807) is 18.4 Å². The molecule has 6 rings (SSSR count). The third-order valence-corrected chi connectivity index (χ3v) is 6.72. The number of aromatic amines is 1. The molecule has 1 aromatic heterocycles. The second-order valence-corrected chi connectivity index (χ2v) is 7.78. The van der Waals surface area contributed by atoms with Gasteiger partial charge in [0, 0.05) is 41.6 Å². The molecule has 1 aliphatic carbocycles.